The molecule has 2 aromatic rings. The van der Waals surface area contributed by atoms with Gasteiger partial charge in [-0.15, -0.1) is 24.0 Å². The van der Waals surface area contributed by atoms with Crippen LogP contribution in [0, 0.1) is 5.92 Å². The molecule has 1 fully saturated rings. The van der Waals surface area contributed by atoms with Crippen LogP contribution in [-0.2, 0) is 20.0 Å². The minimum atomic E-state index is 0. The van der Waals surface area contributed by atoms with Gasteiger partial charge in [-0.2, -0.15) is 5.10 Å². The number of rotatable bonds is 4. The van der Waals surface area contributed by atoms with Crippen molar-refractivity contribution in [1.29, 1.82) is 0 Å². The number of likely N-dealkylation sites (tertiary alicyclic amines) is 1. The van der Waals surface area contributed by atoms with Crippen molar-refractivity contribution in [2.24, 2.45) is 18.0 Å². The fraction of sp³-hybridized carbons (Fsp3) is 0.533. The lowest BCUT2D eigenvalue weighted by Crippen LogP contribution is -2.39. The molecule has 2 aromatic heterocycles. The maximum absolute atomic E-state index is 4.84. The van der Waals surface area contributed by atoms with E-state index in [1.165, 1.54) is 12.0 Å². The highest BCUT2D eigenvalue weighted by molar-refractivity contribution is 14.0. The average molecular weight is 430 g/mol. The molecule has 0 aliphatic carbocycles. The topological polar surface area (TPSA) is 71.5 Å². The maximum atomic E-state index is 4.84. The second-order valence-electron chi connectivity index (χ2n) is 5.72. The lowest BCUT2D eigenvalue weighted by atomic mass is 10.0. The highest BCUT2D eigenvalue weighted by atomic mass is 127. The Morgan fingerprint density at radius 3 is 3.04 bits per heavy atom. The Morgan fingerprint density at radius 1 is 1.52 bits per heavy atom. The van der Waals surface area contributed by atoms with Crippen LogP contribution in [-0.4, -0.2) is 45.9 Å². The zero-order valence-corrected chi connectivity index (χ0v) is 15.8. The Kier molecular flexibility index (Phi) is 6.43. The van der Waals surface area contributed by atoms with Crippen LogP contribution < -0.4 is 5.32 Å². The van der Waals surface area contributed by atoms with E-state index in [4.69, 9.17) is 4.52 Å². The summed E-state index contributed by atoms with van der Waals surface area (Å²) in [6.07, 6.45) is 7.89. The molecule has 126 valence electrons. The third-order valence-corrected chi connectivity index (χ3v) is 4.00. The second-order valence-corrected chi connectivity index (χ2v) is 5.72. The van der Waals surface area contributed by atoms with Crippen LogP contribution in [0.1, 0.15) is 17.7 Å². The summed E-state index contributed by atoms with van der Waals surface area (Å²) in [6, 6.07) is 1.86. The molecule has 0 radical (unpaired) electrons. The normalized spacial score (nSPS) is 18.1. The summed E-state index contributed by atoms with van der Waals surface area (Å²) >= 11 is 0. The lowest BCUT2D eigenvalue weighted by Gasteiger charge is -2.21. The van der Waals surface area contributed by atoms with Gasteiger partial charge in [-0.05, 0) is 24.3 Å². The molecule has 0 aromatic carbocycles. The van der Waals surface area contributed by atoms with Crippen molar-refractivity contribution in [3.05, 3.63) is 36.0 Å². The van der Waals surface area contributed by atoms with Gasteiger partial charge >= 0.3 is 0 Å². The summed E-state index contributed by atoms with van der Waals surface area (Å²) in [5.41, 5.74) is 2.19. The summed E-state index contributed by atoms with van der Waals surface area (Å²) < 4.78 is 6.70. The standard InChI is InChI=1S/C15H22N6O.HI/c1-16-15(17-9-14-4-6-22-19-14)21-5-3-12(11-21)7-13-8-18-20(2)10-13;/h4,6,8,10,12H,3,5,7,9,11H2,1-2H3,(H,16,17);1H. The van der Waals surface area contributed by atoms with Gasteiger partial charge in [0.25, 0.3) is 0 Å². The molecule has 0 amide bonds. The number of aryl methyl sites for hydroxylation is 1. The first-order chi connectivity index (χ1) is 10.7. The van der Waals surface area contributed by atoms with Gasteiger partial charge in [0.05, 0.1) is 12.7 Å². The first-order valence-electron chi connectivity index (χ1n) is 7.57. The van der Waals surface area contributed by atoms with E-state index < -0.39 is 0 Å². The van der Waals surface area contributed by atoms with Crippen molar-refractivity contribution in [3.8, 4) is 0 Å². The van der Waals surface area contributed by atoms with Gasteiger partial charge in [-0.3, -0.25) is 9.67 Å². The molecule has 7 nitrogen and oxygen atoms in total. The van der Waals surface area contributed by atoms with Crippen LogP contribution in [0.5, 0.6) is 0 Å². The Balaban J connectivity index is 0.00000192. The average Bonchev–Trinajstić information content (AvgIpc) is 3.23. The molecule has 3 heterocycles. The molecule has 23 heavy (non-hydrogen) atoms. The molecule has 1 aliphatic heterocycles. The SMILES string of the molecule is CN=C(NCc1ccon1)N1CCC(Cc2cnn(C)c2)C1.I. The Labute approximate surface area is 153 Å². The Hall–Kier alpha value is -1.58. The number of nitrogens with one attached hydrogen (secondary N) is 1. The zero-order valence-electron chi connectivity index (χ0n) is 13.5. The van der Waals surface area contributed by atoms with Crippen molar-refractivity contribution in [2.45, 2.75) is 19.4 Å². The first-order valence-corrected chi connectivity index (χ1v) is 7.57. The molecule has 1 saturated heterocycles. The van der Waals surface area contributed by atoms with Crippen molar-refractivity contribution in [1.82, 2.24) is 25.2 Å². The molecule has 1 aliphatic rings. The van der Waals surface area contributed by atoms with E-state index in [9.17, 15) is 0 Å². The van der Waals surface area contributed by atoms with Crippen LogP contribution in [0.3, 0.4) is 0 Å². The lowest BCUT2D eigenvalue weighted by molar-refractivity contribution is 0.409. The minimum Gasteiger partial charge on any atom is -0.364 e. The van der Waals surface area contributed by atoms with Crippen LogP contribution in [0.2, 0.25) is 0 Å². The maximum Gasteiger partial charge on any atom is 0.193 e. The molecule has 8 heteroatoms. The predicted octanol–water partition coefficient (Wildman–Crippen LogP) is 1.67. The smallest absolute Gasteiger partial charge is 0.193 e. The van der Waals surface area contributed by atoms with Gasteiger partial charge in [-0.25, -0.2) is 0 Å². The molecule has 0 spiro atoms. The number of aromatic nitrogens is 3. The van der Waals surface area contributed by atoms with Gasteiger partial charge in [0, 0.05) is 39.4 Å². The van der Waals surface area contributed by atoms with Crippen LogP contribution in [0.25, 0.3) is 0 Å². The number of aliphatic imine (C=N–C) groups is 1. The van der Waals surface area contributed by atoms with Gasteiger partial charge < -0.3 is 14.7 Å². The molecule has 1 N–H and O–H groups in total. The van der Waals surface area contributed by atoms with Crippen molar-refractivity contribution in [3.63, 3.8) is 0 Å². The number of guanidine groups is 1. The van der Waals surface area contributed by atoms with Gasteiger partial charge in [-0.1, -0.05) is 5.16 Å². The highest BCUT2D eigenvalue weighted by Gasteiger charge is 2.25. The summed E-state index contributed by atoms with van der Waals surface area (Å²) in [5.74, 6) is 1.58. The summed E-state index contributed by atoms with van der Waals surface area (Å²) in [4.78, 5) is 6.68. The summed E-state index contributed by atoms with van der Waals surface area (Å²) in [5, 5.41) is 11.5. The number of hydrogen-bond acceptors (Lipinski definition) is 4. The molecular formula is C15H23IN6O. The van der Waals surface area contributed by atoms with E-state index in [-0.39, 0.29) is 24.0 Å². The molecule has 1 unspecified atom stereocenters. The van der Waals surface area contributed by atoms with Crippen molar-refractivity contribution >= 4 is 29.9 Å². The molecule has 0 bridgehead atoms. The fourth-order valence-electron chi connectivity index (χ4n) is 2.93. The zero-order chi connectivity index (χ0) is 15.4. The van der Waals surface area contributed by atoms with E-state index in [0.717, 1.165) is 31.2 Å². The third kappa shape index (κ3) is 4.69. The summed E-state index contributed by atoms with van der Waals surface area (Å²) in [6.45, 7) is 2.68. The number of hydrogen-bond donors (Lipinski definition) is 1. The van der Waals surface area contributed by atoms with E-state index in [1.807, 2.05) is 31.0 Å². The number of halogens is 1. The van der Waals surface area contributed by atoms with Crippen molar-refractivity contribution < 1.29 is 4.52 Å². The quantitative estimate of drug-likeness (QED) is 0.454. The van der Waals surface area contributed by atoms with E-state index >= 15 is 0 Å². The third-order valence-electron chi connectivity index (χ3n) is 4.00. The molecule has 0 saturated carbocycles. The minimum absolute atomic E-state index is 0. The molecule has 1 atom stereocenters. The monoisotopic (exact) mass is 430 g/mol. The van der Waals surface area contributed by atoms with Gasteiger partial charge in [0.2, 0.25) is 0 Å². The van der Waals surface area contributed by atoms with Crippen LogP contribution in [0.15, 0.2) is 34.2 Å². The molecular weight excluding hydrogens is 407 g/mol. The van der Waals surface area contributed by atoms with Crippen LogP contribution >= 0.6 is 24.0 Å². The van der Waals surface area contributed by atoms with Gasteiger partial charge in [0.1, 0.15) is 12.0 Å². The van der Waals surface area contributed by atoms with E-state index in [2.05, 4.69) is 31.7 Å². The largest absolute Gasteiger partial charge is 0.364 e. The number of nitrogens with zero attached hydrogens (tertiary/aromatic N) is 5. The van der Waals surface area contributed by atoms with Crippen molar-refractivity contribution in [2.75, 3.05) is 20.1 Å². The summed E-state index contributed by atoms with van der Waals surface area (Å²) in [7, 11) is 3.78. The first kappa shape index (κ1) is 17.8. The fourth-order valence-corrected chi connectivity index (χ4v) is 2.93. The molecule has 3 rings (SSSR count). The van der Waals surface area contributed by atoms with Gasteiger partial charge in [0.15, 0.2) is 5.96 Å². The predicted molar refractivity (Wildman–Crippen MR) is 98.7 cm³/mol. The van der Waals surface area contributed by atoms with E-state index in [0.29, 0.717) is 12.5 Å². The Morgan fingerprint density at radius 2 is 2.39 bits per heavy atom. The second kappa shape index (κ2) is 8.32. The highest BCUT2D eigenvalue weighted by Crippen LogP contribution is 2.20. The Bertz CT molecular complexity index is 624. The van der Waals surface area contributed by atoms with E-state index in [1.54, 1.807) is 6.26 Å². The van der Waals surface area contributed by atoms with Crippen LogP contribution in [0.4, 0.5) is 0 Å².